The third-order valence-electron chi connectivity index (χ3n) is 4.44. The number of rotatable bonds is 6. The monoisotopic (exact) mass is 415 g/mol. The summed E-state index contributed by atoms with van der Waals surface area (Å²) in [4.78, 5) is 22.2. The number of hydrogen-bond donors (Lipinski definition) is 2. The number of fused-ring (bicyclic) bond motifs is 1. The van der Waals surface area contributed by atoms with Crippen molar-refractivity contribution in [1.82, 2.24) is 15.3 Å². The maximum atomic E-state index is 12.7. The van der Waals surface area contributed by atoms with E-state index in [1.165, 1.54) is 16.9 Å². The fourth-order valence-corrected chi connectivity index (χ4v) is 4.86. The number of H-pyrrole nitrogens is 1. The molecule has 0 spiro atoms. The van der Waals surface area contributed by atoms with Crippen molar-refractivity contribution >= 4 is 44.5 Å². The van der Waals surface area contributed by atoms with Crippen molar-refractivity contribution in [2.45, 2.75) is 19.4 Å². The molecule has 0 aliphatic carbocycles. The van der Waals surface area contributed by atoms with Crippen LogP contribution in [-0.4, -0.2) is 16.5 Å². The molecule has 3 aromatic heterocycles. The molecule has 0 radical (unpaired) electrons. The van der Waals surface area contributed by atoms with Gasteiger partial charge >= 0.3 is 0 Å². The van der Waals surface area contributed by atoms with Gasteiger partial charge in [0.15, 0.2) is 0 Å². The second-order valence-electron chi connectivity index (χ2n) is 6.31. The van der Waals surface area contributed by atoms with Crippen LogP contribution in [0.15, 0.2) is 52.0 Å². The highest BCUT2D eigenvalue weighted by molar-refractivity contribution is 7.18. The van der Waals surface area contributed by atoms with Gasteiger partial charge in [-0.15, -0.1) is 22.7 Å². The summed E-state index contributed by atoms with van der Waals surface area (Å²) in [5.41, 5.74) is 2.11. The molecule has 0 bridgehead atoms. The van der Waals surface area contributed by atoms with Crippen molar-refractivity contribution in [1.29, 1.82) is 0 Å². The van der Waals surface area contributed by atoms with E-state index in [2.05, 4.69) is 10.3 Å². The third kappa shape index (κ3) is 3.99. The molecule has 2 N–H and O–H groups in total. The lowest BCUT2D eigenvalue weighted by Crippen LogP contribution is -2.25. The Labute approximate surface area is 169 Å². The van der Waals surface area contributed by atoms with Gasteiger partial charge in [-0.05, 0) is 49.0 Å². The molecular formula is C20H18ClN3OS2. The number of aromatic nitrogens is 2. The Morgan fingerprint density at radius 3 is 2.78 bits per heavy atom. The molecule has 4 rings (SSSR count). The molecule has 3 heterocycles. The summed E-state index contributed by atoms with van der Waals surface area (Å²) < 4.78 is 0. The predicted molar refractivity (Wildman–Crippen MR) is 115 cm³/mol. The lowest BCUT2D eigenvalue weighted by Gasteiger charge is -2.13. The molecular weight excluding hydrogens is 398 g/mol. The molecule has 0 amide bonds. The predicted octanol–water partition coefficient (Wildman–Crippen LogP) is 5.26. The minimum Gasteiger partial charge on any atom is -0.309 e. The van der Waals surface area contributed by atoms with E-state index in [1.807, 2.05) is 54.1 Å². The van der Waals surface area contributed by atoms with E-state index in [-0.39, 0.29) is 11.6 Å². The van der Waals surface area contributed by atoms with Gasteiger partial charge in [0.05, 0.1) is 11.4 Å². The normalized spacial score (nSPS) is 12.5. The van der Waals surface area contributed by atoms with Crippen molar-refractivity contribution in [2.24, 2.45) is 0 Å². The quantitative estimate of drug-likeness (QED) is 0.451. The Morgan fingerprint density at radius 2 is 2.04 bits per heavy atom. The van der Waals surface area contributed by atoms with Crippen LogP contribution in [0.25, 0.3) is 20.7 Å². The molecule has 0 saturated carbocycles. The topological polar surface area (TPSA) is 57.8 Å². The first-order valence-electron chi connectivity index (χ1n) is 8.65. The van der Waals surface area contributed by atoms with Crippen LogP contribution >= 0.6 is 34.3 Å². The number of nitrogens with zero attached hydrogens (tertiary/aromatic N) is 1. The standard InChI is InChI=1S/C20H18ClN3OS2/c1-12(22-9-8-13-4-6-14(21)7-5-13)18-23-19(25)17-15(11-27-20(17)24-18)16-3-2-10-26-16/h2-7,10-12,22H,8-9H2,1H3,(H,23,24,25)/t12-/m0/s1. The van der Waals surface area contributed by atoms with Crippen LogP contribution in [0.5, 0.6) is 0 Å². The Balaban J connectivity index is 1.50. The van der Waals surface area contributed by atoms with Gasteiger partial charge in [0, 0.05) is 20.8 Å². The fourth-order valence-electron chi connectivity index (χ4n) is 2.96. The third-order valence-corrected chi connectivity index (χ3v) is 6.46. The van der Waals surface area contributed by atoms with Crippen LogP contribution < -0.4 is 10.9 Å². The first kappa shape index (κ1) is 18.4. The number of halogens is 1. The Hall–Kier alpha value is -1.99. The van der Waals surface area contributed by atoms with Crippen LogP contribution in [0.4, 0.5) is 0 Å². The molecule has 4 aromatic rings. The lowest BCUT2D eigenvalue weighted by molar-refractivity contribution is 0.550. The van der Waals surface area contributed by atoms with Gasteiger partial charge in [-0.2, -0.15) is 0 Å². The molecule has 4 nitrogen and oxygen atoms in total. The smallest absolute Gasteiger partial charge is 0.260 e. The summed E-state index contributed by atoms with van der Waals surface area (Å²) in [6.45, 7) is 2.80. The summed E-state index contributed by atoms with van der Waals surface area (Å²) >= 11 is 9.06. The number of benzene rings is 1. The molecule has 0 saturated heterocycles. The zero-order valence-corrected chi connectivity index (χ0v) is 17.0. The highest BCUT2D eigenvalue weighted by atomic mass is 35.5. The number of nitrogens with one attached hydrogen (secondary N) is 2. The average molecular weight is 416 g/mol. The Kier molecular flexibility index (Phi) is 5.41. The summed E-state index contributed by atoms with van der Waals surface area (Å²) in [6.07, 6.45) is 0.884. The van der Waals surface area contributed by atoms with Crippen LogP contribution in [0, 0.1) is 0 Å². The van der Waals surface area contributed by atoms with Crippen molar-refractivity contribution in [3.63, 3.8) is 0 Å². The molecule has 0 unspecified atom stereocenters. The van der Waals surface area contributed by atoms with Crippen molar-refractivity contribution in [3.05, 3.63) is 73.9 Å². The maximum Gasteiger partial charge on any atom is 0.260 e. The van der Waals surface area contributed by atoms with Crippen molar-refractivity contribution < 1.29 is 0 Å². The van der Waals surface area contributed by atoms with Gasteiger partial charge in [0.2, 0.25) is 0 Å². The molecule has 27 heavy (non-hydrogen) atoms. The summed E-state index contributed by atoms with van der Waals surface area (Å²) in [5.74, 6) is 0.670. The van der Waals surface area contributed by atoms with Gasteiger partial charge < -0.3 is 10.3 Å². The van der Waals surface area contributed by atoms with Gasteiger partial charge in [-0.3, -0.25) is 4.79 Å². The van der Waals surface area contributed by atoms with Crippen molar-refractivity contribution in [2.75, 3.05) is 6.54 Å². The maximum absolute atomic E-state index is 12.7. The first-order valence-corrected chi connectivity index (χ1v) is 10.8. The number of thiophene rings is 2. The van der Waals surface area contributed by atoms with Crippen LogP contribution in [0.3, 0.4) is 0 Å². The molecule has 138 valence electrons. The van der Waals surface area contributed by atoms with E-state index in [4.69, 9.17) is 16.6 Å². The minimum absolute atomic E-state index is 0.0401. The van der Waals surface area contributed by atoms with Crippen LogP contribution in [0.2, 0.25) is 5.02 Å². The van der Waals surface area contributed by atoms with Gasteiger partial charge in [-0.25, -0.2) is 4.98 Å². The number of hydrogen-bond acceptors (Lipinski definition) is 5. The fraction of sp³-hybridized carbons (Fsp3) is 0.200. The second-order valence-corrected chi connectivity index (χ2v) is 8.55. The Bertz CT molecular complexity index is 1100. The second kappa shape index (κ2) is 7.94. The van der Waals surface area contributed by atoms with E-state index in [0.29, 0.717) is 11.2 Å². The summed E-state index contributed by atoms with van der Waals surface area (Å²) in [6, 6.07) is 11.8. The van der Waals surface area contributed by atoms with E-state index in [9.17, 15) is 4.79 Å². The molecule has 0 aliphatic heterocycles. The molecule has 1 atom stereocenters. The first-order chi connectivity index (χ1) is 13.1. The molecule has 7 heteroatoms. The van der Waals surface area contributed by atoms with E-state index in [0.717, 1.165) is 33.3 Å². The van der Waals surface area contributed by atoms with E-state index < -0.39 is 0 Å². The highest BCUT2D eigenvalue weighted by Crippen LogP contribution is 2.33. The SMILES string of the molecule is C[C@H](NCCc1ccc(Cl)cc1)c1nc2scc(-c3cccs3)c2c(=O)[nH]1. The van der Waals surface area contributed by atoms with E-state index >= 15 is 0 Å². The van der Waals surface area contributed by atoms with Crippen LogP contribution in [-0.2, 0) is 6.42 Å². The zero-order valence-electron chi connectivity index (χ0n) is 14.7. The molecule has 0 aliphatic rings. The minimum atomic E-state index is -0.0778. The van der Waals surface area contributed by atoms with Gasteiger partial charge in [-0.1, -0.05) is 29.8 Å². The largest absolute Gasteiger partial charge is 0.309 e. The van der Waals surface area contributed by atoms with Gasteiger partial charge in [0.25, 0.3) is 5.56 Å². The van der Waals surface area contributed by atoms with Crippen LogP contribution in [0.1, 0.15) is 24.4 Å². The van der Waals surface area contributed by atoms with Crippen molar-refractivity contribution in [3.8, 4) is 10.4 Å². The zero-order chi connectivity index (χ0) is 18.8. The van der Waals surface area contributed by atoms with Gasteiger partial charge in [0.1, 0.15) is 10.7 Å². The molecule has 0 fully saturated rings. The van der Waals surface area contributed by atoms with E-state index in [1.54, 1.807) is 11.3 Å². The molecule has 1 aromatic carbocycles. The number of aromatic amines is 1. The summed E-state index contributed by atoms with van der Waals surface area (Å²) in [7, 11) is 0. The average Bonchev–Trinajstić information content (AvgIpc) is 3.32. The summed E-state index contributed by atoms with van der Waals surface area (Å²) in [5, 5.41) is 8.88. The highest BCUT2D eigenvalue weighted by Gasteiger charge is 2.16. The lowest BCUT2D eigenvalue weighted by atomic mass is 10.1. The Morgan fingerprint density at radius 1 is 1.22 bits per heavy atom.